The van der Waals surface area contributed by atoms with Crippen LogP contribution in [0.15, 0.2) is 48.5 Å². The van der Waals surface area contributed by atoms with E-state index >= 15 is 0 Å². The fourth-order valence-electron chi connectivity index (χ4n) is 2.65. The molecule has 146 valence electrons. The van der Waals surface area contributed by atoms with Crippen molar-refractivity contribution in [2.45, 2.75) is 45.6 Å². The molecule has 5 heteroatoms. The van der Waals surface area contributed by atoms with E-state index in [0.29, 0.717) is 13.2 Å². The summed E-state index contributed by atoms with van der Waals surface area (Å²) in [7, 11) is 0. The van der Waals surface area contributed by atoms with Crippen LogP contribution in [-0.2, 0) is 10.2 Å². The Morgan fingerprint density at radius 2 is 1.44 bits per heavy atom. The van der Waals surface area contributed by atoms with Crippen LogP contribution in [-0.4, -0.2) is 30.0 Å². The van der Waals surface area contributed by atoms with Gasteiger partial charge in [-0.15, -0.1) is 0 Å². The van der Waals surface area contributed by atoms with Gasteiger partial charge in [-0.3, -0.25) is 0 Å². The maximum atomic E-state index is 11.6. The van der Waals surface area contributed by atoms with Gasteiger partial charge < -0.3 is 19.9 Å². The summed E-state index contributed by atoms with van der Waals surface area (Å²) < 4.78 is 10.8. The summed E-state index contributed by atoms with van der Waals surface area (Å²) >= 11 is 0. The lowest BCUT2D eigenvalue weighted by Crippen LogP contribution is -2.34. The zero-order valence-electron chi connectivity index (χ0n) is 16.7. The van der Waals surface area contributed by atoms with E-state index in [0.717, 1.165) is 16.9 Å². The first kappa shape index (κ1) is 20.6. The summed E-state index contributed by atoms with van der Waals surface area (Å²) in [5.74, 6) is 1.00. The molecule has 0 radical (unpaired) electrons. The quantitative estimate of drug-likeness (QED) is 0.727. The molecule has 0 aromatic heterocycles. The van der Waals surface area contributed by atoms with E-state index in [4.69, 9.17) is 9.47 Å². The van der Waals surface area contributed by atoms with Crippen molar-refractivity contribution in [3.63, 3.8) is 0 Å². The Morgan fingerprint density at radius 3 is 1.96 bits per heavy atom. The molecule has 0 spiro atoms. The second-order valence-electron chi connectivity index (χ2n) is 7.97. The molecule has 0 aliphatic carbocycles. The largest absolute Gasteiger partial charge is 0.508 e. The van der Waals surface area contributed by atoms with Crippen LogP contribution in [0, 0.1) is 0 Å². The zero-order valence-corrected chi connectivity index (χ0v) is 16.7. The molecule has 5 nitrogen and oxygen atoms in total. The van der Waals surface area contributed by atoms with Crippen molar-refractivity contribution in [1.29, 1.82) is 0 Å². The van der Waals surface area contributed by atoms with Crippen molar-refractivity contribution in [1.82, 2.24) is 5.32 Å². The third-order valence-electron chi connectivity index (χ3n) is 4.20. The first-order chi connectivity index (χ1) is 12.6. The van der Waals surface area contributed by atoms with E-state index in [1.807, 2.05) is 57.2 Å². The molecule has 0 unspecified atom stereocenters. The highest BCUT2D eigenvalue weighted by Gasteiger charge is 2.23. The monoisotopic (exact) mass is 371 g/mol. The van der Waals surface area contributed by atoms with Crippen molar-refractivity contribution in [2.24, 2.45) is 0 Å². The minimum Gasteiger partial charge on any atom is -0.508 e. The van der Waals surface area contributed by atoms with E-state index in [2.05, 4.69) is 19.2 Å². The number of rotatable bonds is 6. The highest BCUT2D eigenvalue weighted by atomic mass is 16.6. The molecule has 0 heterocycles. The second-order valence-corrected chi connectivity index (χ2v) is 7.97. The average Bonchev–Trinajstić information content (AvgIpc) is 2.58. The lowest BCUT2D eigenvalue weighted by molar-refractivity contribution is 0.0520. The fourth-order valence-corrected chi connectivity index (χ4v) is 2.65. The number of phenolic OH excluding ortho intramolecular Hbond substituents is 1. The van der Waals surface area contributed by atoms with Gasteiger partial charge in [-0.05, 0) is 56.2 Å². The van der Waals surface area contributed by atoms with E-state index in [9.17, 15) is 9.90 Å². The van der Waals surface area contributed by atoms with Crippen LogP contribution in [0.4, 0.5) is 4.79 Å². The summed E-state index contributed by atoms with van der Waals surface area (Å²) in [6.45, 7) is 10.5. The number of amides is 1. The summed E-state index contributed by atoms with van der Waals surface area (Å²) in [5, 5.41) is 12.1. The summed E-state index contributed by atoms with van der Waals surface area (Å²) in [5.41, 5.74) is 1.57. The Morgan fingerprint density at radius 1 is 0.926 bits per heavy atom. The Labute approximate surface area is 161 Å². The van der Waals surface area contributed by atoms with Gasteiger partial charge in [0.2, 0.25) is 0 Å². The number of hydrogen-bond donors (Lipinski definition) is 2. The number of benzene rings is 2. The van der Waals surface area contributed by atoms with E-state index in [1.54, 1.807) is 12.1 Å². The molecular weight excluding hydrogens is 342 g/mol. The molecule has 0 fully saturated rings. The minimum atomic E-state index is -0.509. The predicted octanol–water partition coefficient (Wildman–Crippen LogP) is 4.62. The SMILES string of the molecule is CC(C)(C)OC(=O)NCCOc1ccc(C(C)(C)c2ccc(O)cc2)cc1. The Kier molecular flexibility index (Phi) is 6.37. The molecule has 27 heavy (non-hydrogen) atoms. The van der Waals surface area contributed by atoms with Gasteiger partial charge in [-0.1, -0.05) is 38.1 Å². The number of alkyl carbamates (subject to hydrolysis) is 1. The first-order valence-electron chi connectivity index (χ1n) is 9.08. The van der Waals surface area contributed by atoms with Crippen LogP contribution in [0.2, 0.25) is 0 Å². The third-order valence-corrected chi connectivity index (χ3v) is 4.20. The maximum Gasteiger partial charge on any atom is 0.407 e. The van der Waals surface area contributed by atoms with Crippen LogP contribution in [0.3, 0.4) is 0 Å². The normalized spacial score (nSPS) is 11.7. The Bertz CT molecular complexity index is 743. The number of carbonyl (C=O) groups is 1. The van der Waals surface area contributed by atoms with E-state index in [-0.39, 0.29) is 11.2 Å². The highest BCUT2D eigenvalue weighted by molar-refractivity contribution is 5.67. The number of aromatic hydroxyl groups is 1. The zero-order chi connectivity index (χ0) is 20.1. The molecule has 0 atom stereocenters. The Hall–Kier alpha value is -2.69. The highest BCUT2D eigenvalue weighted by Crippen LogP contribution is 2.33. The fraction of sp³-hybridized carbons (Fsp3) is 0.409. The Balaban J connectivity index is 1.88. The third kappa shape index (κ3) is 6.20. The summed E-state index contributed by atoms with van der Waals surface area (Å²) in [6.07, 6.45) is -0.447. The van der Waals surface area contributed by atoms with Gasteiger partial charge in [0.1, 0.15) is 23.7 Å². The number of hydrogen-bond acceptors (Lipinski definition) is 4. The molecule has 1 amide bonds. The lowest BCUT2D eigenvalue weighted by atomic mass is 9.78. The van der Waals surface area contributed by atoms with Gasteiger partial charge in [-0.2, -0.15) is 0 Å². The van der Waals surface area contributed by atoms with Crippen LogP contribution in [0.1, 0.15) is 45.7 Å². The number of phenols is 1. The predicted molar refractivity (Wildman–Crippen MR) is 106 cm³/mol. The molecule has 0 bridgehead atoms. The molecule has 0 saturated carbocycles. The minimum absolute atomic E-state index is 0.190. The van der Waals surface area contributed by atoms with Crippen molar-refractivity contribution in [3.05, 3.63) is 59.7 Å². The second kappa shape index (κ2) is 8.33. The molecule has 2 N–H and O–H groups in total. The maximum absolute atomic E-state index is 11.6. The van der Waals surface area contributed by atoms with Gasteiger partial charge >= 0.3 is 6.09 Å². The van der Waals surface area contributed by atoms with Gasteiger partial charge in [0.05, 0.1) is 6.54 Å². The van der Waals surface area contributed by atoms with Crippen LogP contribution >= 0.6 is 0 Å². The lowest BCUT2D eigenvalue weighted by Gasteiger charge is -2.26. The standard InChI is InChI=1S/C22H29NO4/c1-21(2,3)27-20(25)23-14-15-26-19-12-8-17(9-13-19)22(4,5)16-6-10-18(24)11-7-16/h6-13,24H,14-15H2,1-5H3,(H,23,25). The van der Waals surface area contributed by atoms with Crippen molar-refractivity contribution in [2.75, 3.05) is 13.2 Å². The van der Waals surface area contributed by atoms with Crippen molar-refractivity contribution >= 4 is 6.09 Å². The van der Waals surface area contributed by atoms with Gasteiger partial charge in [0.15, 0.2) is 0 Å². The van der Waals surface area contributed by atoms with Gasteiger partial charge in [-0.25, -0.2) is 4.79 Å². The van der Waals surface area contributed by atoms with Crippen LogP contribution in [0.5, 0.6) is 11.5 Å². The summed E-state index contributed by atoms with van der Waals surface area (Å²) in [6, 6.07) is 15.2. The molecular formula is C22H29NO4. The number of ether oxygens (including phenoxy) is 2. The van der Waals surface area contributed by atoms with Gasteiger partial charge in [0.25, 0.3) is 0 Å². The topological polar surface area (TPSA) is 67.8 Å². The average molecular weight is 371 g/mol. The number of nitrogens with one attached hydrogen (secondary N) is 1. The number of carbonyl (C=O) groups excluding carboxylic acids is 1. The smallest absolute Gasteiger partial charge is 0.407 e. The van der Waals surface area contributed by atoms with Crippen molar-refractivity contribution < 1.29 is 19.4 Å². The van der Waals surface area contributed by atoms with Crippen LogP contribution in [0.25, 0.3) is 0 Å². The van der Waals surface area contributed by atoms with Gasteiger partial charge in [0, 0.05) is 5.41 Å². The summed E-state index contributed by atoms with van der Waals surface area (Å²) in [4.78, 5) is 11.6. The molecule has 0 saturated heterocycles. The van der Waals surface area contributed by atoms with Crippen LogP contribution < -0.4 is 10.1 Å². The molecule has 2 rings (SSSR count). The molecule has 0 aliphatic rings. The van der Waals surface area contributed by atoms with E-state index in [1.165, 1.54) is 0 Å². The molecule has 2 aromatic rings. The molecule has 0 aliphatic heterocycles. The molecule has 2 aromatic carbocycles. The van der Waals surface area contributed by atoms with E-state index < -0.39 is 11.7 Å². The van der Waals surface area contributed by atoms with Crippen molar-refractivity contribution in [3.8, 4) is 11.5 Å². The first-order valence-corrected chi connectivity index (χ1v) is 9.08.